The van der Waals surface area contributed by atoms with E-state index in [-0.39, 0.29) is 17.6 Å². The highest BCUT2D eigenvalue weighted by molar-refractivity contribution is 7.99. The first-order chi connectivity index (χ1) is 13.1. The highest BCUT2D eigenvalue weighted by Crippen LogP contribution is 2.39. The minimum atomic E-state index is -0.0829. The van der Waals surface area contributed by atoms with Gasteiger partial charge in [-0.05, 0) is 43.9 Å². The number of unbranched alkanes of at least 4 members (excludes halogenated alkanes) is 1. The zero-order valence-corrected chi connectivity index (χ0v) is 17.1. The van der Waals surface area contributed by atoms with Crippen molar-refractivity contribution in [1.82, 2.24) is 5.32 Å². The molecule has 0 aromatic heterocycles. The van der Waals surface area contributed by atoms with Gasteiger partial charge >= 0.3 is 5.97 Å². The maximum atomic E-state index is 11.6. The monoisotopic (exact) mass is 383 g/mol. The number of nitrogens with one attached hydrogen (secondary N) is 1. The molecule has 1 N–H and O–H groups in total. The quantitative estimate of drug-likeness (QED) is 0.516. The van der Waals surface area contributed by atoms with Crippen LogP contribution < -0.4 is 5.32 Å². The summed E-state index contributed by atoms with van der Waals surface area (Å²) in [5.41, 5.74) is 2.66. The van der Waals surface area contributed by atoms with Crippen molar-refractivity contribution in [3.05, 3.63) is 65.7 Å². The number of benzene rings is 2. The lowest BCUT2D eigenvalue weighted by atomic mass is 9.91. The lowest BCUT2D eigenvalue weighted by molar-refractivity contribution is -0.143. The van der Waals surface area contributed by atoms with Crippen LogP contribution in [0.15, 0.2) is 59.5 Å². The van der Waals surface area contributed by atoms with E-state index in [2.05, 4.69) is 66.8 Å². The molecule has 3 rings (SSSR count). The molecule has 0 aliphatic carbocycles. The van der Waals surface area contributed by atoms with Crippen LogP contribution in [0.2, 0.25) is 0 Å². The summed E-state index contributed by atoms with van der Waals surface area (Å²) in [5.74, 6) is 0.938. The number of esters is 1. The van der Waals surface area contributed by atoms with Gasteiger partial charge in [-0.1, -0.05) is 55.0 Å². The van der Waals surface area contributed by atoms with Crippen molar-refractivity contribution in [1.29, 1.82) is 0 Å². The minimum Gasteiger partial charge on any atom is -0.466 e. The lowest BCUT2D eigenvalue weighted by Gasteiger charge is -2.33. The SMILES string of the molecule is CCOC(=O)CCCC[C@@]1(C)CSc2ccccc2[C@@H](c2ccccc2)N1. The summed E-state index contributed by atoms with van der Waals surface area (Å²) >= 11 is 1.93. The fraction of sp³-hybridized carbons (Fsp3) is 0.435. The topological polar surface area (TPSA) is 38.3 Å². The summed E-state index contributed by atoms with van der Waals surface area (Å²) in [4.78, 5) is 12.9. The van der Waals surface area contributed by atoms with Gasteiger partial charge in [0.2, 0.25) is 0 Å². The Kier molecular flexibility index (Phi) is 6.97. The van der Waals surface area contributed by atoms with Crippen LogP contribution >= 0.6 is 11.8 Å². The maximum absolute atomic E-state index is 11.6. The van der Waals surface area contributed by atoms with Crippen LogP contribution in [-0.2, 0) is 9.53 Å². The van der Waals surface area contributed by atoms with E-state index < -0.39 is 0 Å². The Labute approximate surface area is 166 Å². The number of thioether (sulfide) groups is 1. The van der Waals surface area contributed by atoms with E-state index in [1.54, 1.807) is 0 Å². The minimum absolute atomic E-state index is 0.0128. The number of hydrogen-bond donors (Lipinski definition) is 1. The first kappa shape index (κ1) is 20.0. The molecule has 1 heterocycles. The van der Waals surface area contributed by atoms with E-state index in [0.29, 0.717) is 13.0 Å². The number of hydrogen-bond acceptors (Lipinski definition) is 4. The fourth-order valence-electron chi connectivity index (χ4n) is 3.63. The fourth-order valence-corrected chi connectivity index (χ4v) is 4.85. The molecule has 144 valence electrons. The van der Waals surface area contributed by atoms with Crippen molar-refractivity contribution in [2.45, 2.75) is 56.0 Å². The second-order valence-electron chi connectivity index (χ2n) is 7.39. The molecule has 2 atom stereocenters. The highest BCUT2D eigenvalue weighted by atomic mass is 32.2. The van der Waals surface area contributed by atoms with Crippen molar-refractivity contribution >= 4 is 17.7 Å². The molecule has 27 heavy (non-hydrogen) atoms. The molecule has 0 fully saturated rings. The van der Waals surface area contributed by atoms with Crippen molar-refractivity contribution in [2.75, 3.05) is 12.4 Å². The molecule has 0 saturated heterocycles. The number of carbonyl (C=O) groups is 1. The van der Waals surface area contributed by atoms with E-state index in [4.69, 9.17) is 4.74 Å². The summed E-state index contributed by atoms with van der Waals surface area (Å²) in [6.45, 7) is 4.63. The molecule has 0 spiro atoms. The zero-order chi connectivity index (χ0) is 19.1. The number of ether oxygens (including phenoxy) is 1. The van der Waals surface area contributed by atoms with Gasteiger partial charge in [-0.25, -0.2) is 0 Å². The summed E-state index contributed by atoms with van der Waals surface area (Å²) in [6, 6.07) is 19.6. The van der Waals surface area contributed by atoms with Gasteiger partial charge in [-0.15, -0.1) is 11.8 Å². The average molecular weight is 384 g/mol. The van der Waals surface area contributed by atoms with E-state index in [1.807, 2.05) is 18.7 Å². The third-order valence-electron chi connectivity index (χ3n) is 5.07. The van der Waals surface area contributed by atoms with Crippen LogP contribution in [0.3, 0.4) is 0 Å². The van der Waals surface area contributed by atoms with E-state index in [1.165, 1.54) is 16.0 Å². The van der Waals surface area contributed by atoms with Crippen molar-refractivity contribution in [2.24, 2.45) is 0 Å². The van der Waals surface area contributed by atoms with Crippen LogP contribution in [0.5, 0.6) is 0 Å². The molecule has 0 amide bonds. The molecule has 1 aliphatic rings. The van der Waals surface area contributed by atoms with Crippen LogP contribution in [0.4, 0.5) is 0 Å². The predicted octanol–water partition coefficient (Wildman–Crippen LogP) is 5.35. The van der Waals surface area contributed by atoms with Gasteiger partial charge in [0.25, 0.3) is 0 Å². The maximum Gasteiger partial charge on any atom is 0.305 e. The van der Waals surface area contributed by atoms with E-state index in [9.17, 15) is 4.79 Å². The normalized spacial score (nSPS) is 21.9. The van der Waals surface area contributed by atoms with Gasteiger partial charge in [0.1, 0.15) is 0 Å². The van der Waals surface area contributed by atoms with Gasteiger partial charge in [0.05, 0.1) is 12.6 Å². The number of fused-ring (bicyclic) bond motifs is 1. The Morgan fingerprint density at radius 1 is 1.15 bits per heavy atom. The van der Waals surface area contributed by atoms with E-state index >= 15 is 0 Å². The number of carbonyl (C=O) groups excluding carboxylic acids is 1. The summed E-state index contributed by atoms with van der Waals surface area (Å²) in [7, 11) is 0. The molecule has 3 nitrogen and oxygen atoms in total. The summed E-state index contributed by atoms with van der Waals surface area (Å²) in [5, 5.41) is 3.94. The Hall–Kier alpha value is -1.78. The molecule has 2 aromatic rings. The van der Waals surface area contributed by atoms with Gasteiger partial charge < -0.3 is 10.1 Å². The van der Waals surface area contributed by atoms with Crippen LogP contribution in [0.1, 0.15) is 56.7 Å². The smallest absolute Gasteiger partial charge is 0.305 e. The summed E-state index contributed by atoms with van der Waals surface area (Å²) in [6.07, 6.45) is 3.45. The van der Waals surface area contributed by atoms with Crippen molar-refractivity contribution in [3.8, 4) is 0 Å². The second kappa shape index (κ2) is 9.43. The first-order valence-electron chi connectivity index (χ1n) is 9.81. The molecule has 0 unspecified atom stereocenters. The Balaban J connectivity index is 1.72. The second-order valence-corrected chi connectivity index (χ2v) is 8.40. The average Bonchev–Trinajstić information content (AvgIpc) is 2.84. The van der Waals surface area contributed by atoms with Crippen LogP contribution in [0, 0.1) is 0 Å². The molecule has 2 aromatic carbocycles. The van der Waals surface area contributed by atoms with Crippen LogP contribution in [0.25, 0.3) is 0 Å². The van der Waals surface area contributed by atoms with Gasteiger partial charge in [-0.3, -0.25) is 4.79 Å². The Morgan fingerprint density at radius 3 is 2.67 bits per heavy atom. The zero-order valence-electron chi connectivity index (χ0n) is 16.2. The standard InChI is InChI=1S/C23H29NO2S/c1-3-26-21(25)15-9-10-16-23(2)17-27-20-14-8-7-13-19(20)22(24-23)18-11-5-4-6-12-18/h4-8,11-14,22,24H,3,9-10,15-17H2,1-2H3/t22-,23+/m1/s1. The Bertz CT molecular complexity index is 749. The van der Waals surface area contributed by atoms with Gasteiger partial charge in [0, 0.05) is 22.6 Å². The molecular weight excluding hydrogens is 354 g/mol. The third kappa shape index (κ3) is 5.36. The highest BCUT2D eigenvalue weighted by Gasteiger charge is 2.32. The van der Waals surface area contributed by atoms with Crippen molar-refractivity contribution < 1.29 is 9.53 Å². The van der Waals surface area contributed by atoms with Gasteiger partial charge in [0.15, 0.2) is 0 Å². The first-order valence-corrected chi connectivity index (χ1v) is 10.8. The molecule has 4 heteroatoms. The largest absolute Gasteiger partial charge is 0.466 e. The molecule has 1 aliphatic heterocycles. The Morgan fingerprint density at radius 2 is 1.89 bits per heavy atom. The van der Waals surface area contributed by atoms with Gasteiger partial charge in [-0.2, -0.15) is 0 Å². The third-order valence-corrected chi connectivity index (χ3v) is 6.53. The van der Waals surface area contributed by atoms with E-state index in [0.717, 1.165) is 25.0 Å². The molecule has 0 bridgehead atoms. The molecule has 0 saturated carbocycles. The number of rotatable bonds is 7. The lowest BCUT2D eigenvalue weighted by Crippen LogP contribution is -2.45. The summed E-state index contributed by atoms with van der Waals surface area (Å²) < 4.78 is 5.04. The van der Waals surface area contributed by atoms with Crippen LogP contribution in [-0.4, -0.2) is 23.9 Å². The molecule has 0 radical (unpaired) electrons. The predicted molar refractivity (Wildman–Crippen MR) is 112 cm³/mol. The van der Waals surface area contributed by atoms with Crippen molar-refractivity contribution in [3.63, 3.8) is 0 Å². The molecular formula is C23H29NO2S.